The molecule has 5 heteroatoms. The van der Waals surface area contributed by atoms with Crippen molar-refractivity contribution in [3.8, 4) is 0 Å². The highest BCUT2D eigenvalue weighted by atomic mass is 16.3. The summed E-state index contributed by atoms with van der Waals surface area (Å²) in [5.74, 6) is 0.902. The van der Waals surface area contributed by atoms with Gasteiger partial charge in [-0.3, -0.25) is 4.79 Å². The van der Waals surface area contributed by atoms with E-state index in [0.29, 0.717) is 13.1 Å². The zero-order chi connectivity index (χ0) is 18.8. The summed E-state index contributed by atoms with van der Waals surface area (Å²) in [6.45, 7) is 1.97. The van der Waals surface area contributed by atoms with Crippen molar-refractivity contribution in [2.45, 2.75) is 12.5 Å². The molecule has 0 saturated carbocycles. The summed E-state index contributed by atoms with van der Waals surface area (Å²) in [7, 11) is 4.03. The van der Waals surface area contributed by atoms with Crippen LogP contribution in [0.15, 0.2) is 59.0 Å². The number of fused-ring (bicyclic) bond motifs is 1. The Labute approximate surface area is 159 Å². The van der Waals surface area contributed by atoms with E-state index in [4.69, 9.17) is 4.42 Å². The van der Waals surface area contributed by atoms with Crippen molar-refractivity contribution < 1.29 is 9.21 Å². The van der Waals surface area contributed by atoms with E-state index in [2.05, 4.69) is 45.9 Å². The van der Waals surface area contributed by atoms with E-state index in [9.17, 15) is 4.79 Å². The Bertz CT molecular complexity index is 897. The standard InChI is InChI=1S/C22H25N3O2/c1-25(2)17-9-7-15(8-10-17)12-24-22(26)19-14-23-13-18(19)21-11-16-5-3-4-6-20(16)27-21/h3-11,18-19,23H,12-14H2,1-2H3,(H,24,26)/t18-,19-/m0/s1. The molecule has 1 saturated heterocycles. The molecule has 3 aromatic rings. The number of hydrogen-bond donors (Lipinski definition) is 2. The second-order valence-electron chi connectivity index (χ2n) is 7.34. The zero-order valence-electron chi connectivity index (χ0n) is 15.7. The molecule has 0 radical (unpaired) electrons. The molecule has 0 bridgehead atoms. The van der Waals surface area contributed by atoms with Gasteiger partial charge in [-0.1, -0.05) is 30.3 Å². The van der Waals surface area contributed by atoms with E-state index in [1.54, 1.807) is 0 Å². The minimum Gasteiger partial charge on any atom is -0.461 e. The Morgan fingerprint density at radius 1 is 1.15 bits per heavy atom. The Morgan fingerprint density at radius 2 is 1.93 bits per heavy atom. The van der Waals surface area contributed by atoms with E-state index in [-0.39, 0.29) is 17.7 Å². The lowest BCUT2D eigenvalue weighted by Crippen LogP contribution is -2.33. The molecule has 0 aliphatic carbocycles. The van der Waals surface area contributed by atoms with Crippen molar-refractivity contribution >= 4 is 22.6 Å². The summed E-state index contributed by atoms with van der Waals surface area (Å²) in [5.41, 5.74) is 3.12. The average Bonchev–Trinajstić information content (AvgIpc) is 3.32. The summed E-state index contributed by atoms with van der Waals surface area (Å²) in [6, 6.07) is 18.3. The number of furan rings is 1. The highest BCUT2D eigenvalue weighted by molar-refractivity contribution is 5.81. The molecule has 1 aromatic heterocycles. The minimum absolute atomic E-state index is 0.0634. The number of hydrogen-bond acceptors (Lipinski definition) is 4. The van der Waals surface area contributed by atoms with Crippen LogP contribution in [-0.4, -0.2) is 33.1 Å². The number of nitrogens with one attached hydrogen (secondary N) is 2. The Morgan fingerprint density at radius 3 is 2.67 bits per heavy atom. The molecule has 2 aromatic carbocycles. The molecular formula is C22H25N3O2. The molecule has 1 fully saturated rings. The van der Waals surface area contributed by atoms with Crippen molar-refractivity contribution in [2.75, 3.05) is 32.1 Å². The van der Waals surface area contributed by atoms with Gasteiger partial charge in [0.2, 0.25) is 5.91 Å². The van der Waals surface area contributed by atoms with E-state index in [1.807, 2.05) is 38.4 Å². The maximum atomic E-state index is 12.8. The van der Waals surface area contributed by atoms with Gasteiger partial charge in [0.1, 0.15) is 11.3 Å². The van der Waals surface area contributed by atoms with Crippen molar-refractivity contribution in [2.24, 2.45) is 5.92 Å². The molecule has 27 heavy (non-hydrogen) atoms. The molecule has 1 amide bonds. The monoisotopic (exact) mass is 363 g/mol. The van der Waals surface area contributed by atoms with Gasteiger partial charge in [0, 0.05) is 50.7 Å². The fourth-order valence-electron chi connectivity index (χ4n) is 3.67. The molecule has 2 atom stereocenters. The fraction of sp³-hybridized carbons (Fsp3) is 0.318. The number of rotatable bonds is 5. The Kier molecular flexibility index (Phi) is 4.86. The predicted octanol–water partition coefficient (Wildman–Crippen LogP) is 3.12. The van der Waals surface area contributed by atoms with Crippen LogP contribution in [0.1, 0.15) is 17.2 Å². The van der Waals surface area contributed by atoms with Crippen LogP contribution in [0, 0.1) is 5.92 Å². The van der Waals surface area contributed by atoms with Crippen LogP contribution in [0.5, 0.6) is 0 Å². The number of carbonyl (C=O) groups excluding carboxylic acids is 1. The fourth-order valence-corrected chi connectivity index (χ4v) is 3.67. The van der Waals surface area contributed by atoms with Gasteiger partial charge in [-0.05, 0) is 29.8 Å². The topological polar surface area (TPSA) is 57.5 Å². The van der Waals surface area contributed by atoms with Crippen LogP contribution in [0.2, 0.25) is 0 Å². The third kappa shape index (κ3) is 3.69. The van der Waals surface area contributed by atoms with Crippen molar-refractivity contribution in [3.63, 3.8) is 0 Å². The lowest BCUT2D eigenvalue weighted by molar-refractivity contribution is -0.125. The Hall–Kier alpha value is -2.79. The van der Waals surface area contributed by atoms with Crippen LogP contribution in [0.3, 0.4) is 0 Å². The van der Waals surface area contributed by atoms with Crippen molar-refractivity contribution in [1.82, 2.24) is 10.6 Å². The van der Waals surface area contributed by atoms with E-state index >= 15 is 0 Å². The second-order valence-corrected chi connectivity index (χ2v) is 7.34. The van der Waals surface area contributed by atoms with Gasteiger partial charge in [-0.25, -0.2) is 0 Å². The first kappa shape index (κ1) is 17.6. The van der Waals surface area contributed by atoms with Crippen LogP contribution < -0.4 is 15.5 Å². The van der Waals surface area contributed by atoms with Crippen LogP contribution in [0.25, 0.3) is 11.0 Å². The van der Waals surface area contributed by atoms with Gasteiger partial charge >= 0.3 is 0 Å². The zero-order valence-corrected chi connectivity index (χ0v) is 15.7. The summed E-state index contributed by atoms with van der Waals surface area (Å²) >= 11 is 0. The first-order valence-corrected chi connectivity index (χ1v) is 9.35. The summed E-state index contributed by atoms with van der Waals surface area (Å²) in [6.07, 6.45) is 0. The molecule has 5 nitrogen and oxygen atoms in total. The highest BCUT2D eigenvalue weighted by Gasteiger charge is 2.36. The first-order chi connectivity index (χ1) is 13.1. The van der Waals surface area contributed by atoms with E-state index in [1.165, 1.54) is 0 Å². The number of benzene rings is 2. The Balaban J connectivity index is 1.43. The van der Waals surface area contributed by atoms with E-state index in [0.717, 1.165) is 34.5 Å². The third-order valence-electron chi connectivity index (χ3n) is 5.28. The quantitative estimate of drug-likeness (QED) is 0.731. The first-order valence-electron chi connectivity index (χ1n) is 9.35. The molecule has 2 N–H and O–H groups in total. The second kappa shape index (κ2) is 7.45. The molecule has 1 aliphatic heterocycles. The smallest absolute Gasteiger partial charge is 0.225 e. The van der Waals surface area contributed by atoms with Gasteiger partial charge in [0.25, 0.3) is 0 Å². The molecule has 4 rings (SSSR count). The van der Waals surface area contributed by atoms with Gasteiger partial charge in [-0.2, -0.15) is 0 Å². The maximum Gasteiger partial charge on any atom is 0.225 e. The van der Waals surface area contributed by atoms with Gasteiger partial charge < -0.3 is 20.0 Å². The largest absolute Gasteiger partial charge is 0.461 e. The normalized spacial score (nSPS) is 19.3. The SMILES string of the molecule is CN(C)c1ccc(CNC(=O)[C@H]2CNC[C@@H]2c2cc3ccccc3o2)cc1. The van der Waals surface area contributed by atoms with Crippen molar-refractivity contribution in [3.05, 3.63) is 65.9 Å². The van der Waals surface area contributed by atoms with E-state index < -0.39 is 0 Å². The lowest BCUT2D eigenvalue weighted by atomic mass is 9.92. The molecule has 0 unspecified atom stereocenters. The average molecular weight is 363 g/mol. The van der Waals surface area contributed by atoms with Crippen LogP contribution >= 0.6 is 0 Å². The van der Waals surface area contributed by atoms with Gasteiger partial charge in [0.15, 0.2) is 0 Å². The number of carbonyl (C=O) groups is 1. The van der Waals surface area contributed by atoms with Crippen LogP contribution in [-0.2, 0) is 11.3 Å². The third-order valence-corrected chi connectivity index (χ3v) is 5.28. The number of para-hydroxylation sites is 1. The minimum atomic E-state index is -0.119. The van der Waals surface area contributed by atoms with Crippen molar-refractivity contribution in [1.29, 1.82) is 0 Å². The van der Waals surface area contributed by atoms with Gasteiger partial charge in [0.05, 0.1) is 5.92 Å². The summed E-state index contributed by atoms with van der Waals surface area (Å²) in [5, 5.41) is 7.51. The van der Waals surface area contributed by atoms with Crippen LogP contribution in [0.4, 0.5) is 5.69 Å². The predicted molar refractivity (Wildman–Crippen MR) is 108 cm³/mol. The molecule has 0 spiro atoms. The number of nitrogens with zero attached hydrogens (tertiary/aromatic N) is 1. The molecular weight excluding hydrogens is 338 g/mol. The molecule has 2 heterocycles. The number of amides is 1. The number of anilines is 1. The molecule has 140 valence electrons. The lowest BCUT2D eigenvalue weighted by Gasteiger charge is -2.17. The van der Waals surface area contributed by atoms with Gasteiger partial charge in [-0.15, -0.1) is 0 Å². The summed E-state index contributed by atoms with van der Waals surface area (Å²) in [4.78, 5) is 14.9. The highest BCUT2D eigenvalue weighted by Crippen LogP contribution is 2.32. The molecule has 1 aliphatic rings. The maximum absolute atomic E-state index is 12.8. The summed E-state index contributed by atoms with van der Waals surface area (Å²) < 4.78 is 6.01.